The highest BCUT2D eigenvalue weighted by Gasteiger charge is 2.27. The topological polar surface area (TPSA) is 17.1 Å². The van der Waals surface area contributed by atoms with Crippen molar-refractivity contribution in [2.24, 2.45) is 5.92 Å². The van der Waals surface area contributed by atoms with Crippen LogP contribution in [0.4, 0.5) is 4.39 Å². The number of hydrogen-bond donors (Lipinski definition) is 0. The fourth-order valence-corrected chi connectivity index (χ4v) is 3.01. The Balaban J connectivity index is 1.83. The number of carbonyl (C=O) groups is 1. The Kier molecular flexibility index (Phi) is 3.58. The summed E-state index contributed by atoms with van der Waals surface area (Å²) in [7, 11) is 0. The second kappa shape index (κ2) is 5.37. The van der Waals surface area contributed by atoms with E-state index in [1.807, 2.05) is 24.3 Å². The minimum atomic E-state index is -0.421. The van der Waals surface area contributed by atoms with Gasteiger partial charge in [0, 0.05) is 11.5 Å². The van der Waals surface area contributed by atoms with E-state index < -0.39 is 5.82 Å². The molecule has 1 aliphatic carbocycles. The number of Topliss-reactive ketones (excluding diaryl/α,β-unsaturated/α-hetero) is 1. The molecule has 2 aromatic rings. The molecule has 3 heteroatoms. The molecule has 0 aliphatic heterocycles. The molecule has 0 radical (unpaired) electrons. The minimum Gasteiger partial charge on any atom is -0.294 e. The standard InChI is InChI=1S/C17H14ClFO/c18-15-10-11(5-8-16(15)19)9-13-7-6-12-3-1-2-4-14(12)17(13)20/h1-5,8,10,13H,6-7,9H2. The monoisotopic (exact) mass is 288 g/mol. The predicted octanol–water partition coefficient (Wildman–Crippen LogP) is 4.47. The van der Waals surface area contributed by atoms with Gasteiger partial charge in [-0.05, 0) is 42.5 Å². The fraction of sp³-hybridized carbons (Fsp3) is 0.235. The highest BCUT2D eigenvalue weighted by Crippen LogP contribution is 2.28. The number of aryl methyl sites for hydroxylation is 1. The van der Waals surface area contributed by atoms with E-state index in [-0.39, 0.29) is 16.7 Å². The normalized spacial score (nSPS) is 17.9. The van der Waals surface area contributed by atoms with Crippen LogP contribution in [0.15, 0.2) is 42.5 Å². The summed E-state index contributed by atoms with van der Waals surface area (Å²) in [4.78, 5) is 12.5. The first kappa shape index (κ1) is 13.3. The van der Waals surface area contributed by atoms with Crippen molar-refractivity contribution in [3.05, 3.63) is 70.0 Å². The quantitative estimate of drug-likeness (QED) is 0.797. The van der Waals surface area contributed by atoms with Gasteiger partial charge in [-0.1, -0.05) is 41.9 Å². The second-order valence-corrected chi connectivity index (χ2v) is 5.62. The molecule has 1 atom stereocenters. The molecular weight excluding hydrogens is 275 g/mol. The predicted molar refractivity (Wildman–Crippen MR) is 77.7 cm³/mol. The zero-order valence-corrected chi connectivity index (χ0v) is 11.7. The van der Waals surface area contributed by atoms with Crippen LogP contribution in [-0.4, -0.2) is 5.78 Å². The molecule has 0 fully saturated rings. The van der Waals surface area contributed by atoms with Crippen molar-refractivity contribution in [1.82, 2.24) is 0 Å². The number of ketones is 1. The third-order valence-electron chi connectivity index (χ3n) is 3.88. The molecule has 0 saturated heterocycles. The van der Waals surface area contributed by atoms with Gasteiger partial charge in [-0.25, -0.2) is 4.39 Å². The first-order valence-corrected chi connectivity index (χ1v) is 7.09. The Labute approximate surface area is 122 Å². The number of hydrogen-bond acceptors (Lipinski definition) is 1. The molecular formula is C17H14ClFO. The molecule has 2 aromatic carbocycles. The van der Waals surface area contributed by atoms with Crippen LogP contribution in [0.5, 0.6) is 0 Å². The Morgan fingerprint density at radius 3 is 2.80 bits per heavy atom. The SMILES string of the molecule is O=C1c2ccccc2CCC1Cc1ccc(F)c(Cl)c1. The van der Waals surface area contributed by atoms with Crippen LogP contribution in [-0.2, 0) is 12.8 Å². The summed E-state index contributed by atoms with van der Waals surface area (Å²) in [6.45, 7) is 0. The van der Waals surface area contributed by atoms with Gasteiger partial charge in [0.2, 0.25) is 0 Å². The van der Waals surface area contributed by atoms with Gasteiger partial charge in [0.15, 0.2) is 5.78 Å². The van der Waals surface area contributed by atoms with Crippen LogP contribution < -0.4 is 0 Å². The molecule has 0 amide bonds. The van der Waals surface area contributed by atoms with Crippen LogP contribution in [0.3, 0.4) is 0 Å². The second-order valence-electron chi connectivity index (χ2n) is 5.21. The van der Waals surface area contributed by atoms with E-state index in [1.54, 1.807) is 12.1 Å². The van der Waals surface area contributed by atoms with Crippen LogP contribution in [0.1, 0.15) is 27.9 Å². The molecule has 1 nitrogen and oxygen atoms in total. The van der Waals surface area contributed by atoms with Crippen molar-refractivity contribution >= 4 is 17.4 Å². The lowest BCUT2D eigenvalue weighted by molar-refractivity contribution is 0.0901. The average molecular weight is 289 g/mol. The number of halogens is 2. The van der Waals surface area contributed by atoms with E-state index in [0.717, 1.165) is 29.5 Å². The Morgan fingerprint density at radius 1 is 1.20 bits per heavy atom. The molecule has 0 spiro atoms. The first-order valence-electron chi connectivity index (χ1n) is 6.71. The maximum Gasteiger partial charge on any atom is 0.166 e. The highest BCUT2D eigenvalue weighted by atomic mass is 35.5. The van der Waals surface area contributed by atoms with Crippen molar-refractivity contribution in [3.63, 3.8) is 0 Å². The summed E-state index contributed by atoms with van der Waals surface area (Å²) in [5.74, 6) is -0.269. The molecule has 3 rings (SSSR count). The van der Waals surface area contributed by atoms with Gasteiger partial charge >= 0.3 is 0 Å². The summed E-state index contributed by atoms with van der Waals surface area (Å²) in [5.41, 5.74) is 2.87. The van der Waals surface area contributed by atoms with Gasteiger partial charge in [0.1, 0.15) is 5.82 Å². The number of rotatable bonds is 2. The summed E-state index contributed by atoms with van der Waals surface area (Å²) in [5, 5.41) is 0.117. The lowest BCUT2D eigenvalue weighted by Gasteiger charge is -2.23. The van der Waals surface area contributed by atoms with Crippen LogP contribution in [0.2, 0.25) is 5.02 Å². The smallest absolute Gasteiger partial charge is 0.166 e. The number of fused-ring (bicyclic) bond motifs is 1. The van der Waals surface area contributed by atoms with Crippen LogP contribution in [0.25, 0.3) is 0 Å². The van der Waals surface area contributed by atoms with Crippen molar-refractivity contribution in [3.8, 4) is 0 Å². The van der Waals surface area contributed by atoms with Gasteiger partial charge < -0.3 is 0 Å². The Hall–Kier alpha value is -1.67. The van der Waals surface area contributed by atoms with Gasteiger partial charge in [0.25, 0.3) is 0 Å². The summed E-state index contributed by atoms with van der Waals surface area (Å²) >= 11 is 5.79. The molecule has 1 unspecified atom stereocenters. The molecule has 0 saturated carbocycles. The molecule has 0 aromatic heterocycles. The third-order valence-corrected chi connectivity index (χ3v) is 4.17. The zero-order chi connectivity index (χ0) is 14.1. The van der Waals surface area contributed by atoms with Gasteiger partial charge in [-0.15, -0.1) is 0 Å². The summed E-state index contributed by atoms with van der Waals surface area (Å²) in [6, 6.07) is 12.4. The summed E-state index contributed by atoms with van der Waals surface area (Å²) < 4.78 is 13.2. The first-order chi connectivity index (χ1) is 9.65. The number of carbonyl (C=O) groups excluding carboxylic acids is 1. The third kappa shape index (κ3) is 2.48. The van der Waals surface area contributed by atoms with E-state index in [2.05, 4.69) is 0 Å². The average Bonchev–Trinajstić information content (AvgIpc) is 2.46. The molecule has 20 heavy (non-hydrogen) atoms. The lowest BCUT2D eigenvalue weighted by Crippen LogP contribution is -2.24. The van der Waals surface area contributed by atoms with E-state index in [1.165, 1.54) is 6.07 Å². The van der Waals surface area contributed by atoms with Gasteiger partial charge in [-0.2, -0.15) is 0 Å². The molecule has 0 heterocycles. The molecule has 1 aliphatic rings. The van der Waals surface area contributed by atoms with Crippen molar-refractivity contribution in [1.29, 1.82) is 0 Å². The molecule has 0 bridgehead atoms. The summed E-state index contributed by atoms with van der Waals surface area (Å²) in [6.07, 6.45) is 2.37. The van der Waals surface area contributed by atoms with Crippen molar-refractivity contribution in [2.45, 2.75) is 19.3 Å². The molecule has 102 valence electrons. The van der Waals surface area contributed by atoms with E-state index in [0.29, 0.717) is 6.42 Å². The van der Waals surface area contributed by atoms with E-state index >= 15 is 0 Å². The van der Waals surface area contributed by atoms with E-state index in [9.17, 15) is 9.18 Å². The van der Waals surface area contributed by atoms with Crippen molar-refractivity contribution < 1.29 is 9.18 Å². The maximum absolute atomic E-state index is 13.2. The molecule has 0 N–H and O–H groups in total. The van der Waals surface area contributed by atoms with Gasteiger partial charge in [0.05, 0.1) is 5.02 Å². The van der Waals surface area contributed by atoms with E-state index in [4.69, 9.17) is 11.6 Å². The highest BCUT2D eigenvalue weighted by molar-refractivity contribution is 6.30. The van der Waals surface area contributed by atoms with Crippen molar-refractivity contribution in [2.75, 3.05) is 0 Å². The Bertz CT molecular complexity index is 666. The Morgan fingerprint density at radius 2 is 2.00 bits per heavy atom. The van der Waals surface area contributed by atoms with Gasteiger partial charge in [-0.3, -0.25) is 4.79 Å². The fourth-order valence-electron chi connectivity index (χ4n) is 2.81. The largest absolute Gasteiger partial charge is 0.294 e. The maximum atomic E-state index is 13.2. The lowest BCUT2D eigenvalue weighted by atomic mass is 9.80. The zero-order valence-electron chi connectivity index (χ0n) is 10.9. The van der Waals surface area contributed by atoms with Crippen LogP contribution in [0, 0.1) is 11.7 Å². The minimum absolute atomic E-state index is 0.0357. The van der Waals surface area contributed by atoms with Crippen LogP contribution >= 0.6 is 11.6 Å². The number of benzene rings is 2.